The summed E-state index contributed by atoms with van der Waals surface area (Å²) < 4.78 is 0. The summed E-state index contributed by atoms with van der Waals surface area (Å²) in [5.41, 5.74) is 1.51. The Morgan fingerprint density at radius 3 is 2.33 bits per heavy atom. The molecule has 1 aromatic heterocycles. The van der Waals surface area contributed by atoms with E-state index in [0.29, 0.717) is 0 Å². The number of pyridine rings is 1. The van der Waals surface area contributed by atoms with E-state index in [4.69, 9.17) is 0 Å². The van der Waals surface area contributed by atoms with Crippen LogP contribution in [-0.2, 0) is 0 Å². The summed E-state index contributed by atoms with van der Waals surface area (Å²) >= 11 is 0. The molecule has 1 saturated heterocycles. The van der Waals surface area contributed by atoms with Gasteiger partial charge in [-0.15, -0.1) is 0 Å². The lowest BCUT2D eigenvalue weighted by Crippen LogP contribution is -2.47. The van der Waals surface area contributed by atoms with Crippen molar-refractivity contribution in [1.82, 2.24) is 9.88 Å². The van der Waals surface area contributed by atoms with Crippen LogP contribution < -0.4 is 4.90 Å². The minimum atomic E-state index is 0.757. The lowest BCUT2D eigenvalue weighted by Gasteiger charge is -2.35. The normalized spacial score (nSPS) is 25.8. The van der Waals surface area contributed by atoms with E-state index in [1.165, 1.54) is 12.0 Å². The number of hydrogen-bond donors (Lipinski definition) is 0. The third-order valence-corrected chi connectivity index (χ3v) is 4.74. The Morgan fingerprint density at radius 1 is 0.857 bits per heavy atom. The zero-order valence-electron chi connectivity index (χ0n) is 12.2. The molecule has 4 rings (SSSR count). The average molecular weight is 279 g/mol. The van der Waals surface area contributed by atoms with Gasteiger partial charge in [0.05, 0.1) is 0 Å². The van der Waals surface area contributed by atoms with Gasteiger partial charge in [-0.25, -0.2) is 4.98 Å². The fourth-order valence-electron chi connectivity index (χ4n) is 3.47. The van der Waals surface area contributed by atoms with Crippen LogP contribution in [0.2, 0.25) is 0 Å². The van der Waals surface area contributed by atoms with Crippen LogP contribution in [0.4, 0.5) is 5.82 Å². The molecule has 3 nitrogen and oxygen atoms in total. The van der Waals surface area contributed by atoms with Crippen molar-refractivity contribution in [2.75, 3.05) is 31.1 Å². The molecule has 21 heavy (non-hydrogen) atoms. The van der Waals surface area contributed by atoms with Crippen LogP contribution in [0.25, 0.3) is 0 Å². The number of nitrogens with zero attached hydrogens (tertiary/aromatic N) is 3. The van der Waals surface area contributed by atoms with Crippen molar-refractivity contribution in [3.8, 4) is 0 Å². The first-order chi connectivity index (χ1) is 10.4. The Morgan fingerprint density at radius 2 is 1.62 bits per heavy atom. The van der Waals surface area contributed by atoms with Gasteiger partial charge in [0.2, 0.25) is 0 Å². The number of aromatic nitrogens is 1. The Bertz CT molecular complexity index is 576. The van der Waals surface area contributed by atoms with Gasteiger partial charge in [-0.3, -0.25) is 4.90 Å². The zero-order valence-corrected chi connectivity index (χ0v) is 12.2. The molecule has 0 radical (unpaired) electrons. The van der Waals surface area contributed by atoms with Gasteiger partial charge in [-0.05, 0) is 24.1 Å². The van der Waals surface area contributed by atoms with Crippen molar-refractivity contribution in [2.24, 2.45) is 0 Å². The molecule has 2 aliphatic rings. The van der Waals surface area contributed by atoms with Crippen LogP contribution in [0.1, 0.15) is 17.9 Å². The topological polar surface area (TPSA) is 19.4 Å². The molecule has 108 valence electrons. The van der Waals surface area contributed by atoms with Gasteiger partial charge in [0.25, 0.3) is 0 Å². The quantitative estimate of drug-likeness (QED) is 0.861. The molecule has 0 unspecified atom stereocenters. The highest BCUT2D eigenvalue weighted by Gasteiger charge is 2.43. The zero-order chi connectivity index (χ0) is 14.1. The van der Waals surface area contributed by atoms with Gasteiger partial charge in [0.15, 0.2) is 0 Å². The highest BCUT2D eigenvalue weighted by atomic mass is 15.3. The van der Waals surface area contributed by atoms with Gasteiger partial charge in [-0.2, -0.15) is 0 Å². The first-order valence-corrected chi connectivity index (χ1v) is 7.87. The fraction of sp³-hybridized carbons (Fsp3) is 0.389. The minimum Gasteiger partial charge on any atom is -0.354 e. The van der Waals surface area contributed by atoms with Crippen molar-refractivity contribution in [1.29, 1.82) is 0 Å². The van der Waals surface area contributed by atoms with Gasteiger partial charge < -0.3 is 4.90 Å². The van der Waals surface area contributed by atoms with E-state index in [2.05, 4.69) is 57.2 Å². The summed E-state index contributed by atoms with van der Waals surface area (Å²) in [6.07, 6.45) is 3.21. The maximum Gasteiger partial charge on any atom is 0.128 e. The molecule has 0 N–H and O–H groups in total. The van der Waals surface area contributed by atoms with Gasteiger partial charge in [0.1, 0.15) is 5.82 Å². The Kier molecular flexibility index (Phi) is 3.36. The molecule has 1 aromatic carbocycles. The third kappa shape index (κ3) is 2.66. The molecule has 0 spiro atoms. The summed E-state index contributed by atoms with van der Waals surface area (Å²) in [6.45, 7) is 4.50. The number of anilines is 1. The predicted molar refractivity (Wildman–Crippen MR) is 85.6 cm³/mol. The lowest BCUT2D eigenvalue weighted by atomic mass is 10.1. The number of piperazine rings is 1. The van der Waals surface area contributed by atoms with Gasteiger partial charge in [-0.1, -0.05) is 36.4 Å². The van der Waals surface area contributed by atoms with Crippen molar-refractivity contribution >= 4 is 5.82 Å². The van der Waals surface area contributed by atoms with Crippen LogP contribution in [0, 0.1) is 0 Å². The predicted octanol–water partition coefficient (Wildman–Crippen LogP) is 2.76. The number of hydrogen-bond acceptors (Lipinski definition) is 3. The molecule has 1 aliphatic carbocycles. The van der Waals surface area contributed by atoms with Gasteiger partial charge in [0, 0.05) is 44.3 Å². The van der Waals surface area contributed by atoms with E-state index in [9.17, 15) is 0 Å². The maximum atomic E-state index is 4.46. The number of rotatable bonds is 3. The standard InChI is InChI=1S/C18H21N3/c1-2-6-15(7-3-1)16-14-17(16)20-10-12-21(13-11-20)18-8-4-5-9-19-18/h1-9,16-17H,10-14H2/t16-,17+/m0/s1. The molecule has 1 aliphatic heterocycles. The maximum absolute atomic E-state index is 4.46. The van der Waals surface area contributed by atoms with Crippen LogP contribution in [0.5, 0.6) is 0 Å². The summed E-state index contributed by atoms with van der Waals surface area (Å²) in [5, 5.41) is 0. The van der Waals surface area contributed by atoms with Crippen molar-refractivity contribution in [2.45, 2.75) is 18.4 Å². The first-order valence-electron chi connectivity index (χ1n) is 7.87. The molecule has 2 fully saturated rings. The fourth-order valence-corrected chi connectivity index (χ4v) is 3.47. The van der Waals surface area contributed by atoms with E-state index < -0.39 is 0 Å². The van der Waals surface area contributed by atoms with E-state index >= 15 is 0 Å². The summed E-state index contributed by atoms with van der Waals surface area (Å²) in [4.78, 5) is 9.52. The Labute approximate surface area is 126 Å². The second-order valence-electron chi connectivity index (χ2n) is 6.03. The van der Waals surface area contributed by atoms with Gasteiger partial charge >= 0.3 is 0 Å². The molecule has 2 atom stereocenters. The van der Waals surface area contributed by atoms with Crippen LogP contribution in [-0.4, -0.2) is 42.1 Å². The smallest absolute Gasteiger partial charge is 0.128 e. The largest absolute Gasteiger partial charge is 0.354 e. The molecule has 0 bridgehead atoms. The molecule has 3 heteroatoms. The summed E-state index contributed by atoms with van der Waals surface area (Å²) in [6, 6.07) is 17.9. The molecule has 0 amide bonds. The summed E-state index contributed by atoms with van der Waals surface area (Å²) in [5.74, 6) is 1.88. The second kappa shape index (κ2) is 5.49. The number of benzene rings is 1. The average Bonchev–Trinajstić information content (AvgIpc) is 3.37. The van der Waals surface area contributed by atoms with E-state index in [-0.39, 0.29) is 0 Å². The molecule has 2 aromatic rings. The second-order valence-corrected chi connectivity index (χ2v) is 6.03. The molecular formula is C18H21N3. The van der Waals surface area contributed by atoms with Crippen molar-refractivity contribution in [3.05, 3.63) is 60.3 Å². The molecular weight excluding hydrogens is 258 g/mol. The molecule has 1 saturated carbocycles. The third-order valence-electron chi connectivity index (χ3n) is 4.74. The minimum absolute atomic E-state index is 0.757. The Balaban J connectivity index is 1.35. The van der Waals surface area contributed by atoms with Crippen LogP contribution >= 0.6 is 0 Å². The lowest BCUT2D eigenvalue weighted by molar-refractivity contribution is 0.243. The molecule has 2 heterocycles. The van der Waals surface area contributed by atoms with E-state index in [1.807, 2.05) is 12.3 Å². The van der Waals surface area contributed by atoms with Crippen molar-refractivity contribution < 1.29 is 0 Å². The van der Waals surface area contributed by atoms with E-state index in [1.54, 1.807) is 0 Å². The first kappa shape index (κ1) is 12.8. The highest BCUT2D eigenvalue weighted by molar-refractivity contribution is 5.38. The van der Waals surface area contributed by atoms with E-state index in [0.717, 1.165) is 44.0 Å². The monoisotopic (exact) mass is 279 g/mol. The highest BCUT2D eigenvalue weighted by Crippen LogP contribution is 2.44. The van der Waals surface area contributed by atoms with Crippen molar-refractivity contribution in [3.63, 3.8) is 0 Å². The Hall–Kier alpha value is -1.87. The van der Waals surface area contributed by atoms with Crippen LogP contribution in [0.3, 0.4) is 0 Å². The summed E-state index contributed by atoms with van der Waals surface area (Å²) in [7, 11) is 0. The SMILES string of the molecule is c1ccc([C@@H]2C[C@H]2N2CCN(c3ccccn3)CC2)cc1. The van der Waals surface area contributed by atoms with Crippen LogP contribution in [0.15, 0.2) is 54.7 Å².